The van der Waals surface area contributed by atoms with Crippen molar-refractivity contribution >= 4 is 22.8 Å². The Labute approximate surface area is 155 Å². The standard InChI is InChI=1S/C17H13F2N7O2/c1-8-6-12(21-16(28)13-10(18)4-3-5-11(13)19)26(24-8)17-22-14-9(15(27)23-17)7-20-25(14)2/h3-7H,1-2H3,(H,21,28)(H,22,23,27). The second-order valence-corrected chi connectivity index (χ2v) is 6.03. The molecule has 3 aromatic heterocycles. The maximum Gasteiger partial charge on any atom is 0.263 e. The van der Waals surface area contributed by atoms with Gasteiger partial charge in [0.2, 0.25) is 5.95 Å². The second-order valence-electron chi connectivity index (χ2n) is 6.03. The fourth-order valence-electron chi connectivity index (χ4n) is 2.76. The lowest BCUT2D eigenvalue weighted by Gasteiger charge is -2.09. The number of hydrogen-bond acceptors (Lipinski definition) is 5. The molecule has 1 aromatic carbocycles. The number of aryl methyl sites for hydroxylation is 2. The fraction of sp³-hybridized carbons (Fsp3) is 0.118. The van der Waals surface area contributed by atoms with Crippen LogP contribution in [0.5, 0.6) is 0 Å². The van der Waals surface area contributed by atoms with Gasteiger partial charge in [0, 0.05) is 13.1 Å². The summed E-state index contributed by atoms with van der Waals surface area (Å²) in [6, 6.07) is 4.60. The summed E-state index contributed by atoms with van der Waals surface area (Å²) in [5.74, 6) is -2.90. The van der Waals surface area contributed by atoms with Gasteiger partial charge in [-0.15, -0.1) is 0 Å². The second kappa shape index (κ2) is 6.37. The Morgan fingerprint density at radius 2 is 1.96 bits per heavy atom. The Morgan fingerprint density at radius 1 is 1.25 bits per heavy atom. The summed E-state index contributed by atoms with van der Waals surface area (Å²) in [5, 5.41) is 10.9. The maximum absolute atomic E-state index is 13.9. The SMILES string of the molecule is Cc1cc(NC(=O)c2c(F)cccc2F)n(-c2nc3c(cnn3C)c(=O)[nH]2)n1. The van der Waals surface area contributed by atoms with Crippen molar-refractivity contribution in [2.75, 3.05) is 5.32 Å². The molecule has 142 valence electrons. The van der Waals surface area contributed by atoms with Gasteiger partial charge in [0.15, 0.2) is 5.65 Å². The molecule has 0 bridgehead atoms. The zero-order valence-electron chi connectivity index (χ0n) is 14.7. The maximum atomic E-state index is 13.9. The lowest BCUT2D eigenvalue weighted by molar-refractivity contribution is 0.101. The number of hydrogen-bond donors (Lipinski definition) is 2. The minimum absolute atomic E-state index is 0.0125. The number of nitrogens with zero attached hydrogens (tertiary/aromatic N) is 5. The molecule has 0 radical (unpaired) electrons. The summed E-state index contributed by atoms with van der Waals surface area (Å²) in [6.45, 7) is 1.65. The first kappa shape index (κ1) is 17.5. The van der Waals surface area contributed by atoms with Gasteiger partial charge >= 0.3 is 0 Å². The molecule has 9 nitrogen and oxygen atoms in total. The molecule has 2 N–H and O–H groups in total. The third kappa shape index (κ3) is 2.82. The summed E-state index contributed by atoms with van der Waals surface area (Å²) in [4.78, 5) is 31.5. The van der Waals surface area contributed by atoms with Crippen molar-refractivity contribution in [1.29, 1.82) is 0 Å². The zero-order valence-corrected chi connectivity index (χ0v) is 14.7. The van der Waals surface area contributed by atoms with E-state index in [-0.39, 0.29) is 17.2 Å². The van der Waals surface area contributed by atoms with E-state index in [1.165, 1.54) is 21.6 Å². The van der Waals surface area contributed by atoms with Crippen LogP contribution in [0.25, 0.3) is 17.0 Å². The molecule has 0 saturated heterocycles. The lowest BCUT2D eigenvalue weighted by Crippen LogP contribution is -2.20. The number of H-pyrrole nitrogens is 1. The van der Waals surface area contributed by atoms with Crippen molar-refractivity contribution in [2.45, 2.75) is 6.92 Å². The number of rotatable bonds is 3. The van der Waals surface area contributed by atoms with Gasteiger partial charge in [-0.1, -0.05) is 6.07 Å². The van der Waals surface area contributed by atoms with Crippen LogP contribution in [0, 0.1) is 18.6 Å². The molecule has 0 fully saturated rings. The molecular formula is C17H13F2N7O2. The summed E-state index contributed by atoms with van der Waals surface area (Å²) >= 11 is 0. The number of aromatic amines is 1. The Bertz CT molecular complexity index is 1270. The number of anilines is 1. The average Bonchev–Trinajstić information content (AvgIpc) is 3.18. The number of halogens is 2. The molecule has 4 rings (SSSR count). The molecule has 1 amide bonds. The van der Waals surface area contributed by atoms with E-state index >= 15 is 0 Å². The van der Waals surface area contributed by atoms with Gasteiger partial charge in [0.05, 0.1) is 11.9 Å². The van der Waals surface area contributed by atoms with Crippen LogP contribution in [0.1, 0.15) is 16.1 Å². The van der Waals surface area contributed by atoms with E-state index in [1.54, 1.807) is 14.0 Å². The molecule has 11 heteroatoms. The summed E-state index contributed by atoms with van der Waals surface area (Å²) in [6.07, 6.45) is 1.38. The molecular weight excluding hydrogens is 372 g/mol. The first-order valence-corrected chi connectivity index (χ1v) is 8.09. The van der Waals surface area contributed by atoms with Crippen LogP contribution in [0.2, 0.25) is 0 Å². The molecule has 0 aliphatic heterocycles. The van der Waals surface area contributed by atoms with E-state index in [4.69, 9.17) is 0 Å². The highest BCUT2D eigenvalue weighted by molar-refractivity contribution is 6.04. The fourth-order valence-corrected chi connectivity index (χ4v) is 2.76. The molecule has 0 unspecified atom stereocenters. The Kier molecular flexibility index (Phi) is 3.99. The van der Waals surface area contributed by atoms with E-state index in [0.29, 0.717) is 11.3 Å². The van der Waals surface area contributed by atoms with E-state index in [9.17, 15) is 18.4 Å². The van der Waals surface area contributed by atoms with Gasteiger partial charge < -0.3 is 5.32 Å². The number of carbonyl (C=O) groups excluding carboxylic acids is 1. The third-order valence-electron chi connectivity index (χ3n) is 4.05. The van der Waals surface area contributed by atoms with Crippen molar-refractivity contribution in [3.05, 3.63) is 63.7 Å². The normalized spacial score (nSPS) is 11.1. The van der Waals surface area contributed by atoms with Crippen LogP contribution in [0.4, 0.5) is 14.6 Å². The number of nitrogens with one attached hydrogen (secondary N) is 2. The van der Waals surface area contributed by atoms with Crippen LogP contribution >= 0.6 is 0 Å². The van der Waals surface area contributed by atoms with Crippen LogP contribution < -0.4 is 10.9 Å². The van der Waals surface area contributed by atoms with Crippen molar-refractivity contribution in [1.82, 2.24) is 29.5 Å². The van der Waals surface area contributed by atoms with Crippen LogP contribution in [-0.2, 0) is 7.05 Å². The largest absolute Gasteiger partial charge is 0.306 e. The first-order valence-electron chi connectivity index (χ1n) is 8.09. The van der Waals surface area contributed by atoms with Crippen molar-refractivity contribution < 1.29 is 13.6 Å². The lowest BCUT2D eigenvalue weighted by atomic mass is 10.2. The van der Waals surface area contributed by atoms with Gasteiger partial charge in [-0.25, -0.2) is 8.78 Å². The van der Waals surface area contributed by atoms with E-state index in [2.05, 4.69) is 25.5 Å². The molecule has 0 atom stereocenters. The summed E-state index contributed by atoms with van der Waals surface area (Å²) in [7, 11) is 1.62. The molecule has 4 aromatic rings. The van der Waals surface area contributed by atoms with E-state index < -0.39 is 28.7 Å². The highest BCUT2D eigenvalue weighted by Crippen LogP contribution is 2.18. The number of carbonyl (C=O) groups is 1. The minimum atomic E-state index is -0.999. The highest BCUT2D eigenvalue weighted by atomic mass is 19.1. The van der Waals surface area contributed by atoms with Crippen LogP contribution in [0.15, 0.2) is 35.3 Å². The zero-order chi connectivity index (χ0) is 20.0. The summed E-state index contributed by atoms with van der Waals surface area (Å²) < 4.78 is 30.3. The van der Waals surface area contributed by atoms with Crippen LogP contribution in [0.3, 0.4) is 0 Å². The Morgan fingerprint density at radius 3 is 2.68 bits per heavy atom. The third-order valence-corrected chi connectivity index (χ3v) is 4.05. The predicted octanol–water partition coefficient (Wildman–Crippen LogP) is 1.68. The van der Waals surface area contributed by atoms with E-state index in [1.807, 2.05) is 0 Å². The molecule has 0 saturated carbocycles. The number of amides is 1. The first-order chi connectivity index (χ1) is 13.3. The predicted molar refractivity (Wildman–Crippen MR) is 95.3 cm³/mol. The van der Waals surface area contributed by atoms with E-state index in [0.717, 1.165) is 18.2 Å². The van der Waals surface area contributed by atoms with Gasteiger partial charge in [0.25, 0.3) is 11.5 Å². The van der Waals surface area contributed by atoms with Crippen molar-refractivity contribution in [3.8, 4) is 5.95 Å². The van der Waals surface area contributed by atoms with Crippen LogP contribution in [-0.4, -0.2) is 35.4 Å². The number of aromatic nitrogens is 6. The molecule has 28 heavy (non-hydrogen) atoms. The van der Waals surface area contributed by atoms with Gasteiger partial charge in [-0.3, -0.25) is 19.3 Å². The highest BCUT2D eigenvalue weighted by Gasteiger charge is 2.20. The monoisotopic (exact) mass is 385 g/mol. The topological polar surface area (TPSA) is 110 Å². The molecule has 0 aliphatic rings. The average molecular weight is 385 g/mol. The summed E-state index contributed by atoms with van der Waals surface area (Å²) in [5.41, 5.74) is -0.378. The van der Waals surface area contributed by atoms with Gasteiger partial charge in [-0.2, -0.15) is 19.9 Å². The number of fused-ring (bicyclic) bond motifs is 1. The smallest absolute Gasteiger partial charge is 0.263 e. The van der Waals surface area contributed by atoms with Crippen molar-refractivity contribution in [3.63, 3.8) is 0 Å². The number of benzene rings is 1. The van der Waals surface area contributed by atoms with Gasteiger partial charge in [0.1, 0.15) is 28.4 Å². The molecule has 0 spiro atoms. The Balaban J connectivity index is 1.79. The minimum Gasteiger partial charge on any atom is -0.306 e. The molecule has 3 heterocycles. The quantitative estimate of drug-likeness (QED) is 0.558. The molecule has 0 aliphatic carbocycles. The van der Waals surface area contributed by atoms with Crippen molar-refractivity contribution in [2.24, 2.45) is 7.05 Å². The van der Waals surface area contributed by atoms with Gasteiger partial charge in [-0.05, 0) is 19.1 Å². The Hall–Kier alpha value is -3.89.